The van der Waals surface area contributed by atoms with Gasteiger partial charge in [-0.05, 0) is 41.1 Å². The van der Waals surface area contributed by atoms with Gasteiger partial charge >= 0.3 is 0 Å². The zero-order chi connectivity index (χ0) is 6.97. The number of hydrogen-bond acceptors (Lipinski definition) is 1. The zero-order valence-electron chi connectivity index (χ0n) is 5.60. The molecule has 0 aromatic carbocycles. The minimum absolute atomic E-state index is 0.928. The van der Waals surface area contributed by atoms with E-state index in [0.717, 1.165) is 10.4 Å². The van der Waals surface area contributed by atoms with Gasteiger partial charge in [-0.15, -0.1) is 0 Å². The van der Waals surface area contributed by atoms with Crippen LogP contribution in [-0.2, 0) is 6.42 Å². The normalized spacial score (nSPS) is 17.7. The van der Waals surface area contributed by atoms with Crippen molar-refractivity contribution in [2.45, 2.75) is 19.3 Å². The summed E-state index contributed by atoms with van der Waals surface area (Å²) in [6.45, 7) is 0. The maximum absolute atomic E-state index is 3.93. The summed E-state index contributed by atoms with van der Waals surface area (Å²) < 4.78 is 1.12. The van der Waals surface area contributed by atoms with Crippen molar-refractivity contribution in [3.05, 3.63) is 16.4 Å². The van der Waals surface area contributed by atoms with Gasteiger partial charge in [0.15, 0.2) is 0 Å². The summed E-state index contributed by atoms with van der Waals surface area (Å²) >= 11 is 3.43. The largest absolute Gasteiger partial charge is 0.281 e. The minimum atomic E-state index is 0.928. The Labute approximate surface area is 68.2 Å². The van der Waals surface area contributed by atoms with E-state index in [4.69, 9.17) is 0 Å². The van der Waals surface area contributed by atoms with Crippen LogP contribution in [0.25, 0.3) is 0 Å². The first-order valence-electron chi connectivity index (χ1n) is 3.54. The van der Waals surface area contributed by atoms with Gasteiger partial charge in [-0.25, -0.2) is 0 Å². The van der Waals surface area contributed by atoms with Crippen molar-refractivity contribution in [1.82, 2.24) is 10.2 Å². The molecule has 1 heterocycles. The lowest BCUT2D eigenvalue weighted by Gasteiger charge is -1.92. The first-order chi connectivity index (χ1) is 4.86. The van der Waals surface area contributed by atoms with Crippen LogP contribution in [0.3, 0.4) is 0 Å². The fourth-order valence-electron chi connectivity index (χ4n) is 1.05. The summed E-state index contributed by atoms with van der Waals surface area (Å²) in [7, 11) is 0. The van der Waals surface area contributed by atoms with Crippen molar-refractivity contribution in [3.63, 3.8) is 0 Å². The van der Waals surface area contributed by atoms with Crippen LogP contribution >= 0.6 is 15.9 Å². The van der Waals surface area contributed by atoms with Crippen molar-refractivity contribution >= 4 is 15.9 Å². The Balaban J connectivity index is 2.08. The SMILES string of the molecule is Brc1cn[nH]c1CC1CC1. The molecular weight excluding hydrogens is 192 g/mol. The highest BCUT2D eigenvalue weighted by atomic mass is 79.9. The highest BCUT2D eigenvalue weighted by Gasteiger charge is 2.22. The fraction of sp³-hybridized carbons (Fsp3) is 0.571. The summed E-state index contributed by atoms with van der Waals surface area (Å²) in [5, 5.41) is 6.91. The Morgan fingerprint density at radius 1 is 1.70 bits per heavy atom. The molecule has 0 aliphatic heterocycles. The third-order valence-electron chi connectivity index (χ3n) is 1.86. The van der Waals surface area contributed by atoms with Gasteiger partial charge in [0, 0.05) is 5.69 Å². The van der Waals surface area contributed by atoms with Gasteiger partial charge in [0.1, 0.15) is 0 Å². The van der Waals surface area contributed by atoms with Crippen LogP contribution in [0.15, 0.2) is 10.7 Å². The lowest BCUT2D eigenvalue weighted by atomic mass is 10.2. The van der Waals surface area contributed by atoms with Crippen LogP contribution in [0.1, 0.15) is 18.5 Å². The van der Waals surface area contributed by atoms with Gasteiger partial charge in [0.25, 0.3) is 0 Å². The summed E-state index contributed by atoms with van der Waals surface area (Å²) in [5.74, 6) is 0.928. The van der Waals surface area contributed by atoms with Gasteiger partial charge < -0.3 is 0 Å². The lowest BCUT2D eigenvalue weighted by molar-refractivity contribution is 0.793. The lowest BCUT2D eigenvalue weighted by Crippen LogP contribution is -1.87. The summed E-state index contributed by atoms with van der Waals surface area (Å²) in [5.41, 5.74) is 1.25. The maximum atomic E-state index is 3.93. The second-order valence-corrected chi connectivity index (χ2v) is 3.70. The summed E-state index contributed by atoms with van der Waals surface area (Å²) in [6, 6.07) is 0. The van der Waals surface area contributed by atoms with E-state index in [2.05, 4.69) is 26.1 Å². The second kappa shape index (κ2) is 2.38. The number of hydrogen-bond donors (Lipinski definition) is 1. The number of H-pyrrole nitrogens is 1. The molecule has 3 heteroatoms. The van der Waals surface area contributed by atoms with E-state index in [1.54, 1.807) is 0 Å². The van der Waals surface area contributed by atoms with Gasteiger partial charge in [-0.3, -0.25) is 5.10 Å². The van der Waals surface area contributed by atoms with Crippen LogP contribution in [0.5, 0.6) is 0 Å². The molecule has 0 saturated heterocycles. The average molecular weight is 201 g/mol. The van der Waals surface area contributed by atoms with Crippen molar-refractivity contribution in [1.29, 1.82) is 0 Å². The molecule has 1 aromatic heterocycles. The zero-order valence-corrected chi connectivity index (χ0v) is 7.19. The Morgan fingerprint density at radius 2 is 2.50 bits per heavy atom. The summed E-state index contributed by atoms with van der Waals surface area (Å²) in [4.78, 5) is 0. The molecule has 2 rings (SSSR count). The van der Waals surface area contributed by atoms with Crippen LogP contribution in [0.2, 0.25) is 0 Å². The van der Waals surface area contributed by atoms with E-state index < -0.39 is 0 Å². The molecule has 1 saturated carbocycles. The minimum Gasteiger partial charge on any atom is -0.281 e. The van der Waals surface area contributed by atoms with Crippen molar-refractivity contribution in [3.8, 4) is 0 Å². The fourth-order valence-corrected chi connectivity index (χ4v) is 1.40. The number of nitrogens with one attached hydrogen (secondary N) is 1. The molecule has 1 aromatic rings. The van der Waals surface area contributed by atoms with Crippen LogP contribution in [-0.4, -0.2) is 10.2 Å². The first kappa shape index (κ1) is 6.40. The predicted octanol–water partition coefficient (Wildman–Crippen LogP) is 2.12. The van der Waals surface area contributed by atoms with E-state index in [1.165, 1.54) is 25.0 Å². The first-order valence-corrected chi connectivity index (χ1v) is 4.33. The summed E-state index contributed by atoms with van der Waals surface area (Å²) in [6.07, 6.45) is 5.77. The quantitative estimate of drug-likeness (QED) is 0.779. The van der Waals surface area contributed by atoms with Crippen LogP contribution in [0.4, 0.5) is 0 Å². The van der Waals surface area contributed by atoms with Gasteiger partial charge in [-0.1, -0.05) is 0 Å². The molecule has 1 aliphatic rings. The Morgan fingerprint density at radius 3 is 3.00 bits per heavy atom. The Bertz CT molecular complexity index is 227. The van der Waals surface area contributed by atoms with E-state index >= 15 is 0 Å². The molecule has 0 bridgehead atoms. The standard InChI is InChI=1S/C7H9BrN2/c8-6-4-9-10-7(6)3-5-1-2-5/h4-5H,1-3H2,(H,9,10). The molecule has 2 nitrogen and oxygen atoms in total. The third kappa shape index (κ3) is 1.24. The van der Waals surface area contributed by atoms with Crippen molar-refractivity contribution < 1.29 is 0 Å². The van der Waals surface area contributed by atoms with E-state index in [-0.39, 0.29) is 0 Å². The van der Waals surface area contributed by atoms with Crippen LogP contribution in [0, 0.1) is 5.92 Å². The molecule has 1 N–H and O–H groups in total. The van der Waals surface area contributed by atoms with Crippen molar-refractivity contribution in [2.75, 3.05) is 0 Å². The predicted molar refractivity (Wildman–Crippen MR) is 42.7 cm³/mol. The molecule has 1 fully saturated rings. The second-order valence-electron chi connectivity index (χ2n) is 2.84. The number of rotatable bonds is 2. The monoisotopic (exact) mass is 200 g/mol. The topological polar surface area (TPSA) is 28.7 Å². The third-order valence-corrected chi connectivity index (χ3v) is 2.54. The number of aromatic amines is 1. The molecule has 1 aliphatic carbocycles. The smallest absolute Gasteiger partial charge is 0.0632 e. The molecule has 54 valence electrons. The van der Waals surface area contributed by atoms with E-state index in [9.17, 15) is 0 Å². The highest BCUT2D eigenvalue weighted by Crippen LogP contribution is 2.33. The van der Waals surface area contributed by atoms with Gasteiger partial charge in [-0.2, -0.15) is 5.10 Å². The van der Waals surface area contributed by atoms with Crippen LogP contribution < -0.4 is 0 Å². The Hall–Kier alpha value is -0.310. The molecule has 0 unspecified atom stereocenters. The van der Waals surface area contributed by atoms with Gasteiger partial charge in [0.2, 0.25) is 0 Å². The molecule has 10 heavy (non-hydrogen) atoms. The molecule has 0 radical (unpaired) electrons. The Kier molecular flexibility index (Phi) is 1.52. The number of aromatic nitrogens is 2. The number of halogens is 1. The van der Waals surface area contributed by atoms with Gasteiger partial charge in [0.05, 0.1) is 10.7 Å². The highest BCUT2D eigenvalue weighted by molar-refractivity contribution is 9.10. The molecule has 0 amide bonds. The van der Waals surface area contributed by atoms with E-state index in [1.807, 2.05) is 6.20 Å². The number of nitrogens with zero attached hydrogens (tertiary/aromatic N) is 1. The average Bonchev–Trinajstić information content (AvgIpc) is 2.62. The molecule has 0 spiro atoms. The molecule has 0 atom stereocenters. The van der Waals surface area contributed by atoms with E-state index in [0.29, 0.717) is 0 Å². The van der Waals surface area contributed by atoms with Crippen molar-refractivity contribution in [2.24, 2.45) is 5.92 Å². The maximum Gasteiger partial charge on any atom is 0.0632 e. The molecular formula is C7H9BrN2.